The van der Waals surface area contributed by atoms with Crippen molar-refractivity contribution in [3.05, 3.63) is 34.3 Å². The number of hydrogen-bond donors (Lipinski definition) is 3. The normalized spacial score (nSPS) is 21.3. The minimum Gasteiger partial charge on any atom is -0.388 e. The monoisotopic (exact) mass is 356 g/mol. The molecule has 1 fully saturated rings. The van der Waals surface area contributed by atoms with Crippen LogP contribution in [0.2, 0.25) is 0 Å². The number of anilines is 1. The maximum absolute atomic E-state index is 13.3. The largest absolute Gasteiger partial charge is 0.434 e. The number of piperidine rings is 1. The van der Waals surface area contributed by atoms with Crippen LogP contribution >= 0.6 is 0 Å². The number of H-pyrrole nitrogens is 1. The van der Waals surface area contributed by atoms with Crippen LogP contribution in [-0.2, 0) is 6.18 Å². The number of aromatic nitrogens is 2. The number of rotatable bonds is 4. The standard InChI is InChI=1S/C16H19F3N4O2/c1-9-7-20-5-4-11(9)8-21-13-6-10(14-22-23-15(24)25-14)2-3-12(13)16(17,18)19/h2-3,6,9,11,20-21H,4-5,7-8H2,1H3,(H,23,24)/t9-,11-/m0/s1. The predicted octanol–water partition coefficient (Wildman–Crippen LogP) is 2.71. The molecule has 6 nitrogen and oxygen atoms in total. The SMILES string of the molecule is C[C@H]1CNCC[C@H]1CNc1cc(-c2n[nH]c(=O)o2)ccc1C(F)(F)F. The third-order valence-corrected chi connectivity index (χ3v) is 4.53. The van der Waals surface area contributed by atoms with Gasteiger partial charge in [-0.1, -0.05) is 6.92 Å². The van der Waals surface area contributed by atoms with E-state index in [-0.39, 0.29) is 17.5 Å². The van der Waals surface area contributed by atoms with Crippen molar-refractivity contribution < 1.29 is 17.6 Å². The van der Waals surface area contributed by atoms with Crippen molar-refractivity contribution in [2.24, 2.45) is 11.8 Å². The predicted molar refractivity (Wildman–Crippen MR) is 86.2 cm³/mol. The van der Waals surface area contributed by atoms with Crippen LogP contribution in [0, 0.1) is 11.8 Å². The summed E-state index contributed by atoms with van der Waals surface area (Å²) in [6, 6.07) is 3.52. The Morgan fingerprint density at radius 3 is 2.84 bits per heavy atom. The van der Waals surface area contributed by atoms with Gasteiger partial charge in [-0.2, -0.15) is 13.2 Å². The minimum absolute atomic E-state index is 0.0404. The second-order valence-corrected chi connectivity index (χ2v) is 6.29. The molecule has 25 heavy (non-hydrogen) atoms. The van der Waals surface area contributed by atoms with Gasteiger partial charge in [0.15, 0.2) is 0 Å². The number of nitrogens with one attached hydrogen (secondary N) is 3. The van der Waals surface area contributed by atoms with Gasteiger partial charge in [0.25, 0.3) is 0 Å². The first-order chi connectivity index (χ1) is 11.8. The van der Waals surface area contributed by atoms with E-state index in [9.17, 15) is 18.0 Å². The van der Waals surface area contributed by atoms with E-state index < -0.39 is 17.5 Å². The summed E-state index contributed by atoms with van der Waals surface area (Å²) in [5.74, 6) is -0.137. The Labute approximate surface area is 141 Å². The van der Waals surface area contributed by atoms with Crippen LogP contribution in [0.5, 0.6) is 0 Å². The molecule has 2 atom stereocenters. The van der Waals surface area contributed by atoms with E-state index in [1.165, 1.54) is 12.1 Å². The van der Waals surface area contributed by atoms with E-state index in [1.807, 2.05) is 0 Å². The topological polar surface area (TPSA) is 83.0 Å². The first-order valence-corrected chi connectivity index (χ1v) is 8.06. The average molecular weight is 356 g/mol. The fourth-order valence-electron chi connectivity index (χ4n) is 3.04. The van der Waals surface area contributed by atoms with Gasteiger partial charge in [0.1, 0.15) is 0 Å². The number of halogens is 3. The molecule has 0 spiro atoms. The average Bonchev–Trinajstić information content (AvgIpc) is 2.99. The van der Waals surface area contributed by atoms with Crippen LogP contribution in [0.4, 0.5) is 18.9 Å². The first-order valence-electron chi connectivity index (χ1n) is 8.06. The van der Waals surface area contributed by atoms with Crippen LogP contribution in [0.1, 0.15) is 18.9 Å². The Morgan fingerprint density at radius 2 is 2.20 bits per heavy atom. The van der Waals surface area contributed by atoms with E-state index >= 15 is 0 Å². The fourth-order valence-corrected chi connectivity index (χ4v) is 3.04. The zero-order valence-electron chi connectivity index (χ0n) is 13.6. The van der Waals surface area contributed by atoms with E-state index in [0.29, 0.717) is 18.0 Å². The molecule has 1 saturated heterocycles. The highest BCUT2D eigenvalue weighted by Gasteiger charge is 2.34. The van der Waals surface area contributed by atoms with Crippen molar-refractivity contribution in [1.29, 1.82) is 0 Å². The number of aromatic amines is 1. The third-order valence-electron chi connectivity index (χ3n) is 4.53. The second-order valence-electron chi connectivity index (χ2n) is 6.29. The van der Waals surface area contributed by atoms with E-state index in [2.05, 4.69) is 27.8 Å². The summed E-state index contributed by atoms with van der Waals surface area (Å²) in [5, 5.41) is 12.0. The van der Waals surface area contributed by atoms with Gasteiger partial charge < -0.3 is 15.1 Å². The molecule has 2 heterocycles. The highest BCUT2D eigenvalue weighted by molar-refractivity contribution is 5.65. The van der Waals surface area contributed by atoms with E-state index in [4.69, 9.17) is 4.42 Å². The molecule has 1 aliphatic heterocycles. The lowest BCUT2D eigenvalue weighted by Crippen LogP contribution is -2.38. The van der Waals surface area contributed by atoms with Gasteiger partial charge in [0.05, 0.1) is 5.56 Å². The summed E-state index contributed by atoms with van der Waals surface area (Å²) >= 11 is 0. The number of nitrogens with zero attached hydrogens (tertiary/aromatic N) is 1. The highest BCUT2D eigenvalue weighted by Crippen LogP contribution is 2.37. The molecule has 3 rings (SSSR count). The molecule has 0 amide bonds. The zero-order valence-corrected chi connectivity index (χ0v) is 13.6. The molecule has 0 aliphatic carbocycles. The zero-order chi connectivity index (χ0) is 18.0. The van der Waals surface area contributed by atoms with Gasteiger partial charge in [-0.25, -0.2) is 9.89 Å². The Morgan fingerprint density at radius 1 is 1.40 bits per heavy atom. The fraction of sp³-hybridized carbons (Fsp3) is 0.500. The van der Waals surface area contributed by atoms with Crippen molar-refractivity contribution in [2.45, 2.75) is 19.5 Å². The molecule has 0 unspecified atom stereocenters. The second kappa shape index (κ2) is 6.91. The first kappa shape index (κ1) is 17.5. The molecule has 0 radical (unpaired) electrons. The van der Waals surface area contributed by atoms with Crippen molar-refractivity contribution in [2.75, 3.05) is 25.0 Å². The lowest BCUT2D eigenvalue weighted by atomic mass is 9.88. The molecule has 0 bridgehead atoms. The number of benzene rings is 1. The van der Waals surface area contributed by atoms with Gasteiger partial charge in [0.2, 0.25) is 5.89 Å². The molecule has 9 heteroatoms. The Hall–Kier alpha value is -2.29. The quantitative estimate of drug-likeness (QED) is 0.785. The van der Waals surface area contributed by atoms with Gasteiger partial charge >= 0.3 is 11.9 Å². The molecule has 1 aromatic heterocycles. The van der Waals surface area contributed by atoms with Crippen LogP contribution in [0.15, 0.2) is 27.4 Å². The summed E-state index contributed by atoms with van der Waals surface area (Å²) in [7, 11) is 0. The highest BCUT2D eigenvalue weighted by atomic mass is 19.4. The van der Waals surface area contributed by atoms with E-state index in [1.54, 1.807) is 0 Å². The third kappa shape index (κ3) is 4.04. The molecular weight excluding hydrogens is 337 g/mol. The van der Waals surface area contributed by atoms with Gasteiger partial charge in [0, 0.05) is 17.8 Å². The van der Waals surface area contributed by atoms with Crippen molar-refractivity contribution in [3.63, 3.8) is 0 Å². The van der Waals surface area contributed by atoms with Gasteiger partial charge in [-0.3, -0.25) is 0 Å². The summed E-state index contributed by atoms with van der Waals surface area (Å²) in [5.41, 5.74) is -0.496. The van der Waals surface area contributed by atoms with Crippen LogP contribution < -0.4 is 16.4 Å². The maximum Gasteiger partial charge on any atom is 0.434 e. The molecular formula is C16H19F3N4O2. The minimum atomic E-state index is -4.48. The number of hydrogen-bond acceptors (Lipinski definition) is 5. The number of alkyl halides is 3. The van der Waals surface area contributed by atoms with Gasteiger partial charge in [-0.05, 0) is 49.5 Å². The van der Waals surface area contributed by atoms with E-state index in [0.717, 1.165) is 25.6 Å². The molecule has 2 aromatic rings. The van der Waals surface area contributed by atoms with Crippen molar-refractivity contribution in [1.82, 2.24) is 15.5 Å². The summed E-state index contributed by atoms with van der Waals surface area (Å²) in [4.78, 5) is 11.1. The van der Waals surface area contributed by atoms with Crippen LogP contribution in [0.25, 0.3) is 11.5 Å². The van der Waals surface area contributed by atoms with Crippen LogP contribution in [0.3, 0.4) is 0 Å². The summed E-state index contributed by atoms with van der Waals surface area (Å²) in [6.45, 7) is 4.25. The molecule has 1 aromatic carbocycles. The van der Waals surface area contributed by atoms with Gasteiger partial charge in [-0.15, -0.1) is 5.10 Å². The molecule has 1 aliphatic rings. The Kier molecular flexibility index (Phi) is 4.85. The summed E-state index contributed by atoms with van der Waals surface area (Å²) < 4.78 is 44.7. The lowest BCUT2D eigenvalue weighted by molar-refractivity contribution is -0.136. The molecule has 0 saturated carbocycles. The van der Waals surface area contributed by atoms with Crippen LogP contribution in [-0.4, -0.2) is 29.8 Å². The lowest BCUT2D eigenvalue weighted by Gasteiger charge is -2.30. The molecule has 136 valence electrons. The maximum atomic E-state index is 13.3. The smallest absolute Gasteiger partial charge is 0.388 e. The Bertz CT molecular complexity index is 784. The van der Waals surface area contributed by atoms with Crippen molar-refractivity contribution >= 4 is 5.69 Å². The Balaban J connectivity index is 1.87. The summed E-state index contributed by atoms with van der Waals surface area (Å²) in [6.07, 6.45) is -3.57. The molecule has 3 N–H and O–H groups in total. The van der Waals surface area contributed by atoms with Crippen molar-refractivity contribution in [3.8, 4) is 11.5 Å².